The Bertz CT molecular complexity index is 330. The molecule has 15 heavy (non-hydrogen) atoms. The SMILES string of the molecule is CC(C)c1ccccc1C1CCC(Br)C1. The fourth-order valence-electron chi connectivity index (χ4n) is 2.62. The van der Waals surface area contributed by atoms with Gasteiger partial charge in [0.1, 0.15) is 0 Å². The molecule has 1 fully saturated rings. The molecule has 1 heteroatoms. The Morgan fingerprint density at radius 2 is 1.93 bits per heavy atom. The van der Waals surface area contributed by atoms with Crippen molar-refractivity contribution in [2.75, 3.05) is 0 Å². The number of benzene rings is 1. The second-order valence-corrected chi connectivity index (χ2v) is 6.19. The third kappa shape index (κ3) is 2.44. The number of halogens is 1. The summed E-state index contributed by atoms with van der Waals surface area (Å²) in [5, 5.41) is 0. The number of rotatable bonds is 2. The van der Waals surface area contributed by atoms with Crippen LogP contribution >= 0.6 is 15.9 Å². The Kier molecular flexibility index (Phi) is 3.50. The molecule has 1 aliphatic carbocycles. The standard InChI is InChI=1S/C14H19Br/c1-10(2)13-5-3-4-6-14(13)11-7-8-12(15)9-11/h3-6,10-12H,7-9H2,1-2H3. The van der Waals surface area contributed by atoms with Gasteiger partial charge in [-0.25, -0.2) is 0 Å². The molecule has 0 N–H and O–H groups in total. The first-order chi connectivity index (χ1) is 7.18. The van der Waals surface area contributed by atoms with Crippen molar-refractivity contribution in [2.24, 2.45) is 0 Å². The molecule has 0 aromatic heterocycles. The largest absolute Gasteiger partial charge is 0.0890 e. The Hall–Kier alpha value is -0.300. The highest BCUT2D eigenvalue weighted by Gasteiger charge is 2.25. The van der Waals surface area contributed by atoms with Crippen molar-refractivity contribution < 1.29 is 0 Å². The van der Waals surface area contributed by atoms with Crippen LogP contribution in [-0.4, -0.2) is 4.83 Å². The van der Waals surface area contributed by atoms with E-state index in [9.17, 15) is 0 Å². The Morgan fingerprint density at radius 1 is 1.20 bits per heavy atom. The lowest BCUT2D eigenvalue weighted by atomic mass is 9.88. The summed E-state index contributed by atoms with van der Waals surface area (Å²) in [5.74, 6) is 1.43. The van der Waals surface area contributed by atoms with Crippen LogP contribution in [-0.2, 0) is 0 Å². The van der Waals surface area contributed by atoms with E-state index in [4.69, 9.17) is 0 Å². The molecule has 0 spiro atoms. The summed E-state index contributed by atoms with van der Waals surface area (Å²) in [6, 6.07) is 8.97. The third-order valence-corrected chi connectivity index (χ3v) is 4.26. The van der Waals surface area contributed by atoms with Crippen molar-refractivity contribution in [3.63, 3.8) is 0 Å². The Labute approximate surface area is 101 Å². The molecule has 1 aromatic rings. The molecular weight excluding hydrogens is 248 g/mol. The highest BCUT2D eigenvalue weighted by atomic mass is 79.9. The second kappa shape index (κ2) is 4.69. The van der Waals surface area contributed by atoms with E-state index in [1.165, 1.54) is 19.3 Å². The van der Waals surface area contributed by atoms with Gasteiger partial charge in [0.2, 0.25) is 0 Å². The van der Waals surface area contributed by atoms with Crippen LogP contribution in [0.3, 0.4) is 0 Å². The molecule has 0 radical (unpaired) electrons. The zero-order valence-electron chi connectivity index (χ0n) is 9.54. The van der Waals surface area contributed by atoms with Gasteiger partial charge in [-0.15, -0.1) is 0 Å². The van der Waals surface area contributed by atoms with E-state index >= 15 is 0 Å². The van der Waals surface area contributed by atoms with Crippen LogP contribution < -0.4 is 0 Å². The van der Waals surface area contributed by atoms with Gasteiger partial charge in [0.15, 0.2) is 0 Å². The van der Waals surface area contributed by atoms with E-state index in [0.29, 0.717) is 5.92 Å². The van der Waals surface area contributed by atoms with Gasteiger partial charge in [-0.3, -0.25) is 0 Å². The second-order valence-electron chi connectivity index (χ2n) is 4.89. The van der Waals surface area contributed by atoms with Crippen LogP contribution in [0.2, 0.25) is 0 Å². The maximum atomic E-state index is 3.74. The van der Waals surface area contributed by atoms with Crippen molar-refractivity contribution in [2.45, 2.75) is 49.8 Å². The van der Waals surface area contributed by atoms with Crippen LogP contribution in [0.5, 0.6) is 0 Å². The molecule has 0 saturated heterocycles. The van der Waals surface area contributed by atoms with E-state index in [0.717, 1.165) is 10.7 Å². The topological polar surface area (TPSA) is 0 Å². The molecule has 2 rings (SSSR count). The Morgan fingerprint density at radius 3 is 2.53 bits per heavy atom. The number of hydrogen-bond acceptors (Lipinski definition) is 0. The van der Waals surface area contributed by atoms with Gasteiger partial charge in [-0.05, 0) is 42.2 Å². The van der Waals surface area contributed by atoms with E-state index in [1.54, 1.807) is 11.1 Å². The smallest absolute Gasteiger partial charge is 0.0151 e. The molecule has 0 heterocycles. The van der Waals surface area contributed by atoms with Crippen LogP contribution in [0.15, 0.2) is 24.3 Å². The predicted octanol–water partition coefficient (Wildman–Crippen LogP) is 4.84. The van der Waals surface area contributed by atoms with Gasteiger partial charge in [0.25, 0.3) is 0 Å². The first-order valence-corrected chi connectivity index (χ1v) is 6.83. The van der Waals surface area contributed by atoms with Crippen LogP contribution in [0.25, 0.3) is 0 Å². The van der Waals surface area contributed by atoms with Crippen molar-refractivity contribution in [1.82, 2.24) is 0 Å². The zero-order chi connectivity index (χ0) is 10.8. The average Bonchev–Trinajstić information content (AvgIpc) is 2.65. The maximum absolute atomic E-state index is 3.74. The van der Waals surface area contributed by atoms with Gasteiger partial charge < -0.3 is 0 Å². The van der Waals surface area contributed by atoms with Crippen LogP contribution in [0, 0.1) is 0 Å². The third-order valence-electron chi connectivity index (χ3n) is 3.43. The van der Waals surface area contributed by atoms with E-state index in [-0.39, 0.29) is 0 Å². The zero-order valence-corrected chi connectivity index (χ0v) is 11.1. The fourth-order valence-corrected chi connectivity index (χ4v) is 3.33. The van der Waals surface area contributed by atoms with Gasteiger partial charge in [0.05, 0.1) is 0 Å². The van der Waals surface area contributed by atoms with Crippen molar-refractivity contribution in [3.8, 4) is 0 Å². The van der Waals surface area contributed by atoms with Gasteiger partial charge in [0, 0.05) is 4.83 Å². The molecule has 2 unspecified atom stereocenters. The maximum Gasteiger partial charge on any atom is 0.0151 e. The molecule has 2 atom stereocenters. The molecule has 0 amide bonds. The highest BCUT2D eigenvalue weighted by Crippen LogP contribution is 2.40. The monoisotopic (exact) mass is 266 g/mol. The minimum Gasteiger partial charge on any atom is -0.0890 e. The van der Waals surface area contributed by atoms with Gasteiger partial charge in [-0.1, -0.05) is 54.0 Å². The summed E-state index contributed by atoms with van der Waals surface area (Å²) in [4.78, 5) is 0.739. The van der Waals surface area contributed by atoms with Crippen molar-refractivity contribution in [3.05, 3.63) is 35.4 Å². The fraction of sp³-hybridized carbons (Fsp3) is 0.571. The van der Waals surface area contributed by atoms with Crippen LogP contribution in [0.1, 0.15) is 56.1 Å². The minimum absolute atomic E-state index is 0.649. The Balaban J connectivity index is 2.27. The van der Waals surface area contributed by atoms with Crippen molar-refractivity contribution in [1.29, 1.82) is 0 Å². The lowest BCUT2D eigenvalue weighted by Crippen LogP contribution is -2.01. The normalized spacial score (nSPS) is 26.1. The molecule has 0 bridgehead atoms. The summed E-state index contributed by atoms with van der Waals surface area (Å²) < 4.78 is 0. The van der Waals surface area contributed by atoms with Crippen LogP contribution in [0.4, 0.5) is 0 Å². The molecule has 1 saturated carbocycles. The summed E-state index contributed by atoms with van der Waals surface area (Å²) >= 11 is 3.74. The lowest BCUT2D eigenvalue weighted by Gasteiger charge is -2.17. The molecule has 0 aliphatic heterocycles. The number of hydrogen-bond donors (Lipinski definition) is 0. The average molecular weight is 267 g/mol. The molecule has 0 nitrogen and oxygen atoms in total. The predicted molar refractivity (Wildman–Crippen MR) is 69.8 cm³/mol. The van der Waals surface area contributed by atoms with E-state index < -0.39 is 0 Å². The van der Waals surface area contributed by atoms with Crippen molar-refractivity contribution >= 4 is 15.9 Å². The lowest BCUT2D eigenvalue weighted by molar-refractivity contribution is 0.700. The summed E-state index contributed by atoms with van der Waals surface area (Å²) in [6.45, 7) is 4.58. The molecule has 1 aromatic carbocycles. The quantitative estimate of drug-likeness (QED) is 0.672. The van der Waals surface area contributed by atoms with Gasteiger partial charge in [-0.2, -0.15) is 0 Å². The molecule has 82 valence electrons. The van der Waals surface area contributed by atoms with Gasteiger partial charge >= 0.3 is 0 Å². The van der Waals surface area contributed by atoms with E-state index in [1.807, 2.05) is 0 Å². The first-order valence-electron chi connectivity index (χ1n) is 5.91. The summed E-state index contributed by atoms with van der Waals surface area (Å²) in [7, 11) is 0. The summed E-state index contributed by atoms with van der Waals surface area (Å²) in [6.07, 6.45) is 3.99. The summed E-state index contributed by atoms with van der Waals surface area (Å²) in [5.41, 5.74) is 3.14. The highest BCUT2D eigenvalue weighted by molar-refractivity contribution is 9.09. The minimum atomic E-state index is 0.649. The molecule has 1 aliphatic rings. The molecular formula is C14H19Br. The van der Waals surface area contributed by atoms with E-state index in [2.05, 4.69) is 54.0 Å². The number of alkyl halides is 1. The first kappa shape index (κ1) is 11.2.